The number of pyridine rings is 1. The molecular formula is C31H35FN4O5. The van der Waals surface area contributed by atoms with Gasteiger partial charge in [0.05, 0.1) is 35.7 Å². The number of aliphatic hydroxyl groups excluding tert-OH is 2. The Labute approximate surface area is 238 Å². The molecule has 0 spiro atoms. The summed E-state index contributed by atoms with van der Waals surface area (Å²) in [5, 5.41) is 29.5. The number of carboxylic acid groups (broad SMARTS) is 1. The molecule has 0 radical (unpaired) electrons. The minimum atomic E-state index is -1.20. The normalized spacial score (nSPS) is 14.3. The lowest BCUT2D eigenvalue weighted by Crippen LogP contribution is -2.24. The number of amides is 1. The number of carboxylic acids is 1. The molecule has 4 rings (SSSR count). The Morgan fingerprint density at radius 1 is 1.10 bits per heavy atom. The van der Waals surface area contributed by atoms with E-state index >= 15 is 0 Å². The van der Waals surface area contributed by atoms with Crippen molar-refractivity contribution in [3.05, 3.63) is 70.7 Å². The number of benzene rings is 1. The van der Waals surface area contributed by atoms with E-state index in [0.717, 1.165) is 45.6 Å². The van der Waals surface area contributed by atoms with Crippen LogP contribution in [0.1, 0.15) is 72.2 Å². The number of hydrogen-bond acceptors (Lipinski definition) is 7. The van der Waals surface area contributed by atoms with Crippen LogP contribution in [0.4, 0.5) is 4.39 Å². The summed E-state index contributed by atoms with van der Waals surface area (Å²) in [5.74, 6) is -1.72. The smallest absolute Gasteiger partial charge is 0.305 e. The fraction of sp³-hybridized carbons (Fsp3) is 0.387. The van der Waals surface area contributed by atoms with Crippen molar-refractivity contribution in [1.82, 2.24) is 19.9 Å². The first-order chi connectivity index (χ1) is 19.5. The highest BCUT2D eigenvalue weighted by Gasteiger charge is 2.27. The minimum Gasteiger partial charge on any atom is -0.481 e. The van der Waals surface area contributed by atoms with Crippen LogP contribution in [0.15, 0.2) is 36.5 Å². The predicted octanol–water partition coefficient (Wildman–Crippen LogP) is 4.26. The predicted molar refractivity (Wildman–Crippen MR) is 153 cm³/mol. The average molecular weight is 563 g/mol. The highest BCUT2D eigenvalue weighted by molar-refractivity contribution is 5.91. The number of fused-ring (bicyclic) bond motifs is 3. The second kappa shape index (κ2) is 12.7. The largest absolute Gasteiger partial charge is 0.481 e. The monoisotopic (exact) mass is 562 g/mol. The van der Waals surface area contributed by atoms with Crippen LogP contribution in [0.3, 0.4) is 0 Å². The van der Waals surface area contributed by atoms with E-state index in [1.807, 2.05) is 13.8 Å². The van der Waals surface area contributed by atoms with E-state index in [0.29, 0.717) is 18.5 Å². The zero-order chi connectivity index (χ0) is 29.8. The Kier molecular flexibility index (Phi) is 9.25. The van der Waals surface area contributed by atoms with Crippen molar-refractivity contribution in [2.75, 3.05) is 14.1 Å². The fourth-order valence-electron chi connectivity index (χ4n) is 5.07. The molecule has 3 aromatic rings. The van der Waals surface area contributed by atoms with Gasteiger partial charge in [0.1, 0.15) is 5.82 Å². The summed E-state index contributed by atoms with van der Waals surface area (Å²) >= 11 is 0. The Morgan fingerprint density at radius 2 is 1.80 bits per heavy atom. The molecule has 216 valence electrons. The summed E-state index contributed by atoms with van der Waals surface area (Å²) in [6, 6.07) is 6.21. The van der Waals surface area contributed by atoms with Crippen LogP contribution in [0.25, 0.3) is 28.5 Å². The molecular weight excluding hydrogens is 527 g/mol. The van der Waals surface area contributed by atoms with E-state index in [4.69, 9.17) is 10.1 Å². The maximum absolute atomic E-state index is 14.0. The molecule has 3 N–H and O–H groups in total. The Bertz CT molecular complexity index is 1470. The van der Waals surface area contributed by atoms with E-state index < -0.39 is 24.6 Å². The summed E-state index contributed by atoms with van der Waals surface area (Å²) in [6.45, 7) is 4.00. The maximum atomic E-state index is 14.0. The van der Waals surface area contributed by atoms with Gasteiger partial charge in [-0.3, -0.25) is 14.6 Å². The Morgan fingerprint density at radius 3 is 2.44 bits per heavy atom. The molecule has 1 amide bonds. The van der Waals surface area contributed by atoms with Crippen LogP contribution < -0.4 is 0 Å². The van der Waals surface area contributed by atoms with Gasteiger partial charge in [-0.1, -0.05) is 38.1 Å². The second-order valence-electron chi connectivity index (χ2n) is 10.8. The quantitative estimate of drug-likeness (QED) is 0.352. The van der Waals surface area contributed by atoms with Crippen LogP contribution in [-0.4, -0.2) is 73.4 Å². The number of carbonyl (C=O) groups excluding carboxylic acids is 1. The third-order valence-electron chi connectivity index (χ3n) is 7.01. The van der Waals surface area contributed by atoms with E-state index in [-0.39, 0.29) is 29.9 Å². The molecule has 0 aliphatic heterocycles. The molecule has 0 bridgehead atoms. The first-order valence-corrected chi connectivity index (χ1v) is 13.6. The number of hydrogen-bond donors (Lipinski definition) is 3. The number of aliphatic carboxylic acids is 1. The lowest BCUT2D eigenvalue weighted by atomic mass is 9.87. The van der Waals surface area contributed by atoms with Crippen molar-refractivity contribution in [2.24, 2.45) is 0 Å². The van der Waals surface area contributed by atoms with E-state index in [1.54, 1.807) is 38.5 Å². The van der Waals surface area contributed by atoms with Crippen molar-refractivity contribution in [3.63, 3.8) is 0 Å². The molecule has 0 fully saturated rings. The van der Waals surface area contributed by atoms with Crippen LogP contribution in [-0.2, 0) is 17.6 Å². The first-order valence-electron chi connectivity index (χ1n) is 13.6. The van der Waals surface area contributed by atoms with Crippen molar-refractivity contribution in [3.8, 4) is 22.4 Å². The van der Waals surface area contributed by atoms with Gasteiger partial charge in [-0.15, -0.1) is 0 Å². The zero-order valence-electron chi connectivity index (χ0n) is 23.6. The molecule has 1 aliphatic carbocycles. The summed E-state index contributed by atoms with van der Waals surface area (Å²) in [6.07, 6.45) is 4.03. The Hall–Kier alpha value is -4.02. The average Bonchev–Trinajstić information content (AvgIpc) is 3.09. The zero-order valence-corrected chi connectivity index (χ0v) is 23.6. The highest BCUT2D eigenvalue weighted by atomic mass is 19.1. The minimum absolute atomic E-state index is 0.0453. The number of aliphatic hydroxyl groups is 2. The number of halogens is 1. The third-order valence-corrected chi connectivity index (χ3v) is 7.01. The molecule has 41 heavy (non-hydrogen) atoms. The highest BCUT2D eigenvalue weighted by Crippen LogP contribution is 2.41. The maximum Gasteiger partial charge on any atom is 0.305 e. The summed E-state index contributed by atoms with van der Waals surface area (Å²) in [7, 11) is 3.30. The van der Waals surface area contributed by atoms with E-state index in [9.17, 15) is 24.2 Å². The van der Waals surface area contributed by atoms with E-state index in [1.165, 1.54) is 23.1 Å². The number of rotatable bonds is 9. The number of aromatic nitrogens is 3. The summed E-state index contributed by atoms with van der Waals surface area (Å²) in [4.78, 5) is 39.0. The Balaban J connectivity index is 1.91. The van der Waals surface area contributed by atoms with Gasteiger partial charge in [-0.05, 0) is 54.0 Å². The molecule has 1 aliphatic rings. The van der Waals surface area contributed by atoms with Gasteiger partial charge in [0, 0.05) is 37.8 Å². The molecule has 0 saturated carbocycles. The van der Waals surface area contributed by atoms with Crippen molar-refractivity contribution >= 4 is 18.0 Å². The van der Waals surface area contributed by atoms with Crippen molar-refractivity contribution in [1.29, 1.82) is 0 Å². The van der Waals surface area contributed by atoms with Gasteiger partial charge >= 0.3 is 5.97 Å². The van der Waals surface area contributed by atoms with Gasteiger partial charge in [-0.2, -0.15) is 0 Å². The number of nitrogens with zero attached hydrogens (tertiary/aromatic N) is 4. The van der Waals surface area contributed by atoms with E-state index in [2.05, 4.69) is 9.97 Å². The van der Waals surface area contributed by atoms with Crippen molar-refractivity contribution < 1.29 is 29.3 Å². The molecule has 0 saturated heterocycles. The van der Waals surface area contributed by atoms with Crippen LogP contribution in [0.5, 0.6) is 0 Å². The molecule has 2 heterocycles. The second-order valence-corrected chi connectivity index (χ2v) is 10.8. The van der Waals surface area contributed by atoms with Gasteiger partial charge in [0.25, 0.3) is 5.91 Å². The standard InChI is InChI=1S/C31H35FN4O5/c1-17(2)28-23(13-12-20(37)14-21(38)15-26(39)40)27(18-8-10-19(32)11-9-18)22-6-5-7-25-24(29(22)35-28)16-33-30(34-25)31(41)36(3)4/h8-13,16-17,20-21,37-38H,5-7,14-15H2,1-4H3,(H,39,40)/t20-,21-/m1/s1. The van der Waals surface area contributed by atoms with Crippen LogP contribution >= 0.6 is 0 Å². The molecule has 2 atom stereocenters. The molecule has 10 heteroatoms. The third kappa shape index (κ3) is 6.83. The van der Waals surface area contributed by atoms with Gasteiger partial charge in [-0.25, -0.2) is 14.4 Å². The topological polar surface area (TPSA) is 137 Å². The number of aryl methyl sites for hydroxylation is 1. The summed E-state index contributed by atoms with van der Waals surface area (Å²) < 4.78 is 14.0. The van der Waals surface area contributed by atoms with Crippen molar-refractivity contribution in [2.45, 2.75) is 64.1 Å². The van der Waals surface area contributed by atoms with Gasteiger partial charge in [0.15, 0.2) is 0 Å². The molecule has 2 aromatic heterocycles. The molecule has 1 aromatic carbocycles. The van der Waals surface area contributed by atoms with Crippen LogP contribution in [0.2, 0.25) is 0 Å². The summed E-state index contributed by atoms with van der Waals surface area (Å²) in [5.41, 5.74) is 6.21. The lowest BCUT2D eigenvalue weighted by Gasteiger charge is -2.22. The first kappa shape index (κ1) is 30.0. The lowest BCUT2D eigenvalue weighted by molar-refractivity contribution is -0.139. The van der Waals surface area contributed by atoms with Crippen LogP contribution in [0, 0.1) is 5.82 Å². The van der Waals surface area contributed by atoms with Gasteiger partial charge < -0.3 is 20.2 Å². The molecule has 9 nitrogen and oxygen atoms in total. The fourth-order valence-corrected chi connectivity index (χ4v) is 5.07. The molecule has 0 unspecified atom stereocenters. The SMILES string of the molecule is CC(C)c1nc2c(c(-c3ccc(F)cc3)c1C=C[C@@H](O)C[C@@H](O)CC(=O)O)CCCc1nc(C(=O)N(C)C)ncc1-2. The number of carbonyl (C=O) groups is 2. The van der Waals surface area contributed by atoms with Gasteiger partial charge in [0.2, 0.25) is 5.82 Å².